The summed E-state index contributed by atoms with van der Waals surface area (Å²) in [6.07, 6.45) is 3.08. The van der Waals surface area contributed by atoms with Gasteiger partial charge in [0, 0.05) is 17.7 Å². The molecular formula is C9H11ClN2. The van der Waals surface area contributed by atoms with E-state index in [1.807, 2.05) is 12.1 Å². The molecule has 2 N–H and O–H groups in total. The van der Waals surface area contributed by atoms with Gasteiger partial charge in [0.1, 0.15) is 5.15 Å². The molecule has 3 heteroatoms. The molecule has 2 rings (SSSR count). The highest BCUT2D eigenvalue weighted by Gasteiger charge is 2.38. The number of rotatable bonds is 2. The molecule has 1 aliphatic rings. The van der Waals surface area contributed by atoms with E-state index in [2.05, 4.69) is 4.98 Å². The molecule has 1 aromatic heterocycles. The van der Waals surface area contributed by atoms with E-state index in [0.717, 1.165) is 25.0 Å². The molecule has 0 amide bonds. The molecule has 2 nitrogen and oxygen atoms in total. The predicted octanol–water partition coefficient (Wildman–Crippen LogP) is 1.77. The highest BCUT2D eigenvalue weighted by molar-refractivity contribution is 6.29. The number of hydrogen-bond acceptors (Lipinski definition) is 2. The van der Waals surface area contributed by atoms with E-state index >= 15 is 0 Å². The summed E-state index contributed by atoms with van der Waals surface area (Å²) in [4.78, 5) is 4.18. The minimum atomic E-state index is 0.0255. The Morgan fingerprint density at radius 1 is 1.50 bits per heavy atom. The van der Waals surface area contributed by atoms with Gasteiger partial charge in [0.05, 0.1) is 0 Å². The number of hydrogen-bond donors (Lipinski definition) is 1. The van der Waals surface area contributed by atoms with Crippen molar-refractivity contribution in [3.8, 4) is 0 Å². The van der Waals surface area contributed by atoms with Crippen molar-refractivity contribution in [3.05, 3.63) is 29.0 Å². The van der Waals surface area contributed by atoms with Crippen LogP contribution in [0, 0.1) is 0 Å². The van der Waals surface area contributed by atoms with E-state index < -0.39 is 0 Å². The second-order valence-electron chi connectivity index (χ2n) is 3.49. The highest BCUT2D eigenvalue weighted by Crippen LogP contribution is 2.35. The van der Waals surface area contributed by atoms with Crippen molar-refractivity contribution in [3.63, 3.8) is 0 Å². The van der Waals surface area contributed by atoms with Gasteiger partial charge in [-0.25, -0.2) is 4.98 Å². The van der Waals surface area contributed by atoms with Gasteiger partial charge in [0.2, 0.25) is 0 Å². The topological polar surface area (TPSA) is 38.9 Å². The average molecular weight is 183 g/mol. The summed E-state index contributed by atoms with van der Waals surface area (Å²) in [5.74, 6) is 0. The summed E-state index contributed by atoms with van der Waals surface area (Å²) in [6.45, 7) is 0. The lowest BCUT2D eigenvalue weighted by Gasteiger charge is -2.06. The van der Waals surface area contributed by atoms with E-state index in [1.54, 1.807) is 6.07 Å². The largest absolute Gasteiger partial charge is 0.325 e. The Morgan fingerprint density at radius 2 is 2.25 bits per heavy atom. The average Bonchev–Trinajstić information content (AvgIpc) is 2.67. The first-order chi connectivity index (χ1) is 5.68. The second kappa shape index (κ2) is 2.71. The van der Waals surface area contributed by atoms with E-state index in [1.165, 1.54) is 0 Å². The van der Waals surface area contributed by atoms with Crippen LogP contribution in [0.5, 0.6) is 0 Å². The third kappa shape index (κ3) is 1.76. The number of nitrogens with two attached hydrogens (primary N) is 1. The summed E-state index contributed by atoms with van der Waals surface area (Å²) in [5.41, 5.74) is 6.97. The van der Waals surface area contributed by atoms with Gasteiger partial charge in [0.25, 0.3) is 0 Å². The third-order valence-corrected chi connectivity index (χ3v) is 2.41. The van der Waals surface area contributed by atoms with Gasteiger partial charge in [-0.05, 0) is 25.0 Å². The Balaban J connectivity index is 2.12. The van der Waals surface area contributed by atoms with Crippen molar-refractivity contribution < 1.29 is 0 Å². The van der Waals surface area contributed by atoms with Crippen molar-refractivity contribution in [1.29, 1.82) is 0 Å². The molecular weight excluding hydrogens is 172 g/mol. The number of aromatic nitrogens is 1. The lowest BCUT2D eigenvalue weighted by atomic mass is 10.1. The quantitative estimate of drug-likeness (QED) is 0.709. The van der Waals surface area contributed by atoms with Gasteiger partial charge in [-0.3, -0.25) is 0 Å². The van der Waals surface area contributed by atoms with Crippen molar-refractivity contribution >= 4 is 11.6 Å². The van der Waals surface area contributed by atoms with Crippen LogP contribution in [0.4, 0.5) is 0 Å². The van der Waals surface area contributed by atoms with Gasteiger partial charge < -0.3 is 5.73 Å². The number of pyridine rings is 1. The fourth-order valence-corrected chi connectivity index (χ4v) is 1.43. The van der Waals surface area contributed by atoms with E-state index in [0.29, 0.717) is 5.15 Å². The molecule has 0 atom stereocenters. The zero-order valence-corrected chi connectivity index (χ0v) is 7.51. The Labute approximate surface area is 76.7 Å². The first-order valence-electron chi connectivity index (χ1n) is 4.08. The predicted molar refractivity (Wildman–Crippen MR) is 49.1 cm³/mol. The molecule has 0 aliphatic heterocycles. The minimum absolute atomic E-state index is 0.0255. The molecule has 0 unspecified atom stereocenters. The van der Waals surface area contributed by atoms with Crippen molar-refractivity contribution in [2.45, 2.75) is 24.8 Å². The fourth-order valence-electron chi connectivity index (χ4n) is 1.25. The summed E-state index contributed by atoms with van der Waals surface area (Å²) >= 11 is 5.74. The Bertz CT molecular complexity index is 294. The van der Waals surface area contributed by atoms with Crippen LogP contribution in [0.15, 0.2) is 18.2 Å². The fraction of sp³-hybridized carbons (Fsp3) is 0.444. The zero-order chi connectivity index (χ0) is 8.60. The lowest BCUT2D eigenvalue weighted by molar-refractivity contribution is 0.659. The van der Waals surface area contributed by atoms with E-state index in [4.69, 9.17) is 17.3 Å². The molecule has 0 saturated heterocycles. The van der Waals surface area contributed by atoms with Crippen LogP contribution >= 0.6 is 11.6 Å². The van der Waals surface area contributed by atoms with Crippen molar-refractivity contribution in [2.75, 3.05) is 0 Å². The van der Waals surface area contributed by atoms with Crippen LogP contribution < -0.4 is 5.73 Å². The zero-order valence-electron chi connectivity index (χ0n) is 6.76. The molecule has 1 aromatic rings. The second-order valence-corrected chi connectivity index (χ2v) is 3.88. The maximum absolute atomic E-state index is 5.95. The van der Waals surface area contributed by atoms with Gasteiger partial charge in [-0.15, -0.1) is 0 Å². The first-order valence-corrected chi connectivity index (χ1v) is 4.46. The minimum Gasteiger partial charge on any atom is -0.325 e. The summed E-state index contributed by atoms with van der Waals surface area (Å²) in [5, 5.41) is 0.553. The molecule has 1 saturated carbocycles. The van der Waals surface area contributed by atoms with Crippen LogP contribution in [0.2, 0.25) is 5.15 Å². The molecule has 1 heterocycles. The van der Waals surface area contributed by atoms with Crippen LogP contribution in [0.1, 0.15) is 18.5 Å². The first kappa shape index (κ1) is 8.02. The highest BCUT2D eigenvalue weighted by atomic mass is 35.5. The van der Waals surface area contributed by atoms with Gasteiger partial charge in [-0.2, -0.15) is 0 Å². The van der Waals surface area contributed by atoms with Crippen LogP contribution in [0.25, 0.3) is 0 Å². The van der Waals surface area contributed by atoms with Gasteiger partial charge in [0.15, 0.2) is 0 Å². The Hall–Kier alpha value is -0.600. The normalized spacial score (nSPS) is 19.2. The smallest absolute Gasteiger partial charge is 0.129 e. The maximum atomic E-state index is 5.95. The molecule has 0 bridgehead atoms. The Morgan fingerprint density at radius 3 is 2.83 bits per heavy atom. The lowest BCUT2D eigenvalue weighted by Crippen LogP contribution is -2.24. The molecule has 64 valence electrons. The van der Waals surface area contributed by atoms with E-state index in [-0.39, 0.29) is 5.54 Å². The number of nitrogens with zero attached hydrogens (tertiary/aromatic N) is 1. The molecule has 12 heavy (non-hydrogen) atoms. The Kier molecular flexibility index (Phi) is 1.81. The van der Waals surface area contributed by atoms with Crippen LogP contribution in [-0.2, 0) is 6.42 Å². The summed E-state index contributed by atoms with van der Waals surface area (Å²) < 4.78 is 0. The van der Waals surface area contributed by atoms with Crippen LogP contribution in [0.3, 0.4) is 0 Å². The van der Waals surface area contributed by atoms with Crippen LogP contribution in [-0.4, -0.2) is 10.5 Å². The third-order valence-electron chi connectivity index (χ3n) is 2.20. The molecule has 1 fully saturated rings. The van der Waals surface area contributed by atoms with Gasteiger partial charge >= 0.3 is 0 Å². The van der Waals surface area contributed by atoms with Crippen molar-refractivity contribution in [2.24, 2.45) is 5.73 Å². The van der Waals surface area contributed by atoms with E-state index in [9.17, 15) is 0 Å². The molecule has 0 radical (unpaired) electrons. The summed E-state index contributed by atoms with van der Waals surface area (Å²) in [6, 6.07) is 5.66. The monoisotopic (exact) mass is 182 g/mol. The molecule has 1 aliphatic carbocycles. The maximum Gasteiger partial charge on any atom is 0.129 e. The summed E-state index contributed by atoms with van der Waals surface area (Å²) in [7, 11) is 0. The standard InChI is InChI=1S/C9H11ClN2/c10-8-3-1-2-7(12-8)6-9(11)4-5-9/h1-3H,4-6,11H2. The van der Waals surface area contributed by atoms with Crippen molar-refractivity contribution in [1.82, 2.24) is 4.98 Å². The number of halogens is 1. The van der Waals surface area contributed by atoms with Gasteiger partial charge in [-0.1, -0.05) is 17.7 Å². The molecule has 0 spiro atoms. The SMILES string of the molecule is NC1(Cc2cccc(Cl)n2)CC1. The molecule has 0 aromatic carbocycles.